The maximum absolute atomic E-state index is 15.9. The van der Waals surface area contributed by atoms with Crippen LogP contribution in [0.1, 0.15) is 53.2 Å². The molecule has 3 rings (SSSR count). The Hall–Kier alpha value is -2.77. The number of alkyl halides is 1. The number of nitrogens with zero attached hydrogens (tertiary/aromatic N) is 4. The summed E-state index contributed by atoms with van der Waals surface area (Å²) < 4.78 is 44.3. The fourth-order valence-corrected chi connectivity index (χ4v) is 3.78. The van der Waals surface area contributed by atoms with Crippen LogP contribution in [0.15, 0.2) is 6.33 Å². The zero-order valence-electron chi connectivity index (χ0n) is 19.9. The summed E-state index contributed by atoms with van der Waals surface area (Å²) in [5.74, 6) is -2.15. The smallest absolute Gasteiger partial charge is 0.434 e. The van der Waals surface area contributed by atoms with E-state index in [1.54, 1.807) is 20.8 Å². The third-order valence-electron chi connectivity index (χ3n) is 5.10. The first-order valence-electron chi connectivity index (χ1n) is 11.1. The second-order valence-electron chi connectivity index (χ2n) is 8.93. The SMILES string of the molecule is CCCCCOC(=O)OCC1(OC=O)OC(n2cnc3c(N)nc(Cl)nc32)C(F)C1OC(C)(C)C. The molecule has 14 heteroatoms. The van der Waals surface area contributed by atoms with Crippen LogP contribution < -0.4 is 5.73 Å². The average molecular weight is 518 g/mol. The van der Waals surface area contributed by atoms with Crippen LogP contribution in [0, 0.1) is 0 Å². The molecule has 0 amide bonds. The molecule has 3 heterocycles. The molecule has 35 heavy (non-hydrogen) atoms. The Bertz CT molecular complexity index is 1050. The Labute approximate surface area is 206 Å². The lowest BCUT2D eigenvalue weighted by atomic mass is 10.1. The molecule has 194 valence electrons. The number of carbonyl (C=O) groups excluding carboxylic acids is 2. The van der Waals surface area contributed by atoms with E-state index in [4.69, 9.17) is 41.0 Å². The van der Waals surface area contributed by atoms with Crippen molar-refractivity contribution < 1.29 is 37.7 Å². The van der Waals surface area contributed by atoms with Crippen molar-refractivity contribution in [3.63, 3.8) is 0 Å². The fourth-order valence-electron chi connectivity index (χ4n) is 3.61. The molecule has 0 bridgehead atoms. The van der Waals surface area contributed by atoms with Gasteiger partial charge in [0, 0.05) is 0 Å². The van der Waals surface area contributed by atoms with E-state index < -0.39 is 42.7 Å². The van der Waals surface area contributed by atoms with Crippen LogP contribution in [0.5, 0.6) is 0 Å². The van der Waals surface area contributed by atoms with Gasteiger partial charge in [-0.05, 0) is 38.8 Å². The molecule has 0 spiro atoms. The monoisotopic (exact) mass is 517 g/mol. The number of nitrogens with two attached hydrogens (primary N) is 1. The van der Waals surface area contributed by atoms with Gasteiger partial charge in [0.25, 0.3) is 12.3 Å². The number of hydrogen-bond donors (Lipinski definition) is 1. The van der Waals surface area contributed by atoms with Crippen molar-refractivity contribution in [1.82, 2.24) is 19.5 Å². The summed E-state index contributed by atoms with van der Waals surface area (Å²) in [4.78, 5) is 35.5. The van der Waals surface area contributed by atoms with E-state index in [2.05, 4.69) is 15.0 Å². The van der Waals surface area contributed by atoms with Crippen LogP contribution in [-0.4, -0.2) is 69.0 Å². The Morgan fingerprint density at radius 2 is 2.09 bits per heavy atom. The van der Waals surface area contributed by atoms with Gasteiger partial charge in [-0.2, -0.15) is 9.97 Å². The largest absolute Gasteiger partial charge is 0.508 e. The van der Waals surface area contributed by atoms with Gasteiger partial charge in [0.05, 0.1) is 18.5 Å². The summed E-state index contributed by atoms with van der Waals surface area (Å²) in [6.45, 7) is 6.57. The van der Waals surface area contributed by atoms with E-state index >= 15 is 4.39 Å². The summed E-state index contributed by atoms with van der Waals surface area (Å²) >= 11 is 5.92. The van der Waals surface area contributed by atoms with E-state index in [-0.39, 0.29) is 35.3 Å². The molecule has 0 aliphatic carbocycles. The molecular weight excluding hydrogens is 489 g/mol. The minimum absolute atomic E-state index is 0.0146. The van der Waals surface area contributed by atoms with Gasteiger partial charge in [-0.15, -0.1) is 0 Å². The lowest BCUT2D eigenvalue weighted by Gasteiger charge is -2.35. The first-order chi connectivity index (χ1) is 16.5. The number of hydrogen-bond acceptors (Lipinski definition) is 11. The van der Waals surface area contributed by atoms with Crippen molar-refractivity contribution in [2.24, 2.45) is 0 Å². The first kappa shape index (κ1) is 26.8. The summed E-state index contributed by atoms with van der Waals surface area (Å²) in [7, 11) is 0. The molecule has 4 unspecified atom stereocenters. The summed E-state index contributed by atoms with van der Waals surface area (Å²) in [6, 6.07) is 0. The Kier molecular flexibility index (Phi) is 8.34. The highest BCUT2D eigenvalue weighted by Crippen LogP contribution is 2.44. The molecule has 12 nitrogen and oxygen atoms in total. The van der Waals surface area contributed by atoms with Gasteiger partial charge in [0.1, 0.15) is 5.52 Å². The molecule has 1 aliphatic heterocycles. The standard InChI is InChI=1S/C21H29ClFN5O7/c1-5-6-7-8-31-19(30)32-9-21(33-11-29)14(34-20(2,3)4)12(23)17(35-21)28-10-25-13-15(24)26-18(22)27-16(13)28/h10-12,14,17H,5-9H2,1-4H3,(H2,24,26,27). The fraction of sp³-hybridized carbons (Fsp3) is 0.667. The number of unbranched alkanes of at least 4 members (excludes halogenated alkanes) is 2. The molecule has 1 fully saturated rings. The first-order valence-corrected chi connectivity index (χ1v) is 11.5. The van der Waals surface area contributed by atoms with Crippen LogP contribution in [0.3, 0.4) is 0 Å². The third kappa shape index (κ3) is 6.08. The number of nitrogen functional groups attached to an aromatic ring is 1. The molecule has 4 atom stereocenters. The number of fused-ring (bicyclic) bond motifs is 1. The number of anilines is 1. The van der Waals surface area contributed by atoms with E-state index in [1.807, 2.05) is 6.92 Å². The van der Waals surface area contributed by atoms with Gasteiger partial charge in [0.15, 0.2) is 36.6 Å². The summed E-state index contributed by atoms with van der Waals surface area (Å²) in [5, 5.41) is -0.183. The molecule has 2 aromatic rings. The lowest BCUT2D eigenvalue weighted by molar-refractivity contribution is -0.279. The molecule has 0 aromatic carbocycles. The summed E-state index contributed by atoms with van der Waals surface area (Å²) in [6.07, 6.45) is -2.20. The number of ether oxygens (including phenoxy) is 5. The van der Waals surface area contributed by atoms with Gasteiger partial charge < -0.3 is 29.4 Å². The predicted octanol–water partition coefficient (Wildman–Crippen LogP) is 3.33. The molecule has 2 aromatic heterocycles. The summed E-state index contributed by atoms with van der Waals surface area (Å²) in [5.41, 5.74) is 5.20. The highest BCUT2D eigenvalue weighted by Gasteiger charge is 2.62. The molecule has 2 N–H and O–H groups in total. The molecule has 1 saturated heterocycles. The normalized spacial score (nSPS) is 24.5. The van der Waals surface area contributed by atoms with Crippen LogP contribution >= 0.6 is 11.6 Å². The maximum Gasteiger partial charge on any atom is 0.508 e. The highest BCUT2D eigenvalue weighted by molar-refractivity contribution is 6.28. The second kappa shape index (κ2) is 10.9. The Balaban J connectivity index is 1.92. The van der Waals surface area contributed by atoms with Crippen molar-refractivity contribution in [2.75, 3.05) is 18.9 Å². The highest BCUT2D eigenvalue weighted by atomic mass is 35.5. The van der Waals surface area contributed by atoms with E-state index in [9.17, 15) is 9.59 Å². The number of rotatable bonds is 10. The zero-order chi connectivity index (χ0) is 25.8. The van der Waals surface area contributed by atoms with Gasteiger partial charge in [-0.25, -0.2) is 14.2 Å². The predicted molar refractivity (Wildman–Crippen MR) is 121 cm³/mol. The van der Waals surface area contributed by atoms with Gasteiger partial charge in [0.2, 0.25) is 5.28 Å². The Morgan fingerprint density at radius 3 is 2.74 bits per heavy atom. The quantitative estimate of drug-likeness (QED) is 0.214. The minimum atomic E-state index is -2.14. The molecule has 0 radical (unpaired) electrons. The number of aromatic nitrogens is 4. The third-order valence-corrected chi connectivity index (χ3v) is 5.27. The van der Waals surface area contributed by atoms with E-state index in [1.165, 1.54) is 10.9 Å². The van der Waals surface area contributed by atoms with Crippen LogP contribution in [-0.2, 0) is 28.5 Å². The van der Waals surface area contributed by atoms with Crippen molar-refractivity contribution in [3.8, 4) is 0 Å². The van der Waals surface area contributed by atoms with Crippen molar-refractivity contribution in [1.29, 1.82) is 0 Å². The van der Waals surface area contributed by atoms with Gasteiger partial charge in [-0.3, -0.25) is 9.36 Å². The van der Waals surface area contributed by atoms with Crippen molar-refractivity contribution >= 4 is 41.2 Å². The second-order valence-corrected chi connectivity index (χ2v) is 9.26. The van der Waals surface area contributed by atoms with Gasteiger partial charge >= 0.3 is 6.16 Å². The number of halogens is 2. The molecule has 1 aliphatic rings. The topological polar surface area (TPSA) is 150 Å². The average Bonchev–Trinajstić information content (AvgIpc) is 3.30. The molecular formula is C21H29ClFN5O7. The van der Waals surface area contributed by atoms with Crippen LogP contribution in [0.4, 0.5) is 15.0 Å². The molecule has 0 saturated carbocycles. The zero-order valence-corrected chi connectivity index (χ0v) is 20.7. The maximum atomic E-state index is 15.9. The lowest BCUT2D eigenvalue weighted by Crippen LogP contribution is -2.52. The van der Waals surface area contributed by atoms with Crippen molar-refractivity contribution in [3.05, 3.63) is 11.6 Å². The minimum Gasteiger partial charge on any atom is -0.434 e. The van der Waals surface area contributed by atoms with E-state index in [0.717, 1.165) is 12.8 Å². The van der Waals surface area contributed by atoms with Crippen LogP contribution in [0.25, 0.3) is 11.2 Å². The van der Waals surface area contributed by atoms with E-state index in [0.29, 0.717) is 6.42 Å². The van der Waals surface area contributed by atoms with Gasteiger partial charge in [-0.1, -0.05) is 19.8 Å². The van der Waals surface area contributed by atoms with Crippen molar-refractivity contribution in [2.45, 2.75) is 76.8 Å². The number of carbonyl (C=O) groups is 2. The number of imidazole rings is 1. The van der Waals surface area contributed by atoms with Crippen LogP contribution in [0.2, 0.25) is 5.28 Å². The Morgan fingerprint density at radius 1 is 1.34 bits per heavy atom.